The summed E-state index contributed by atoms with van der Waals surface area (Å²) in [6, 6.07) is 4.49. The Morgan fingerprint density at radius 2 is 1.56 bits per heavy atom. The smallest absolute Gasteiger partial charge is 0.409 e. The largest absolute Gasteiger partial charge is 0.447 e. The predicted molar refractivity (Wildman–Crippen MR) is 224 cm³/mol. The van der Waals surface area contributed by atoms with E-state index in [0.29, 0.717) is 15.8 Å². The highest BCUT2D eigenvalue weighted by atomic mass is 19.3. The number of amides is 7. The van der Waals surface area contributed by atoms with Crippen molar-refractivity contribution in [2.45, 2.75) is 96.4 Å². The average molecular weight is 909 g/mol. The zero-order chi connectivity index (χ0) is 47.9. The lowest BCUT2D eigenvalue weighted by atomic mass is 10.0. The summed E-state index contributed by atoms with van der Waals surface area (Å²) >= 11 is 0. The van der Waals surface area contributed by atoms with Gasteiger partial charge in [0.1, 0.15) is 43.0 Å². The maximum Gasteiger partial charge on any atom is 0.409 e. The molecule has 7 amide bonds. The second-order valence-electron chi connectivity index (χ2n) is 15.8. The van der Waals surface area contributed by atoms with Crippen molar-refractivity contribution in [3.05, 3.63) is 52.6 Å². The van der Waals surface area contributed by atoms with Crippen LogP contribution in [0.2, 0.25) is 0 Å². The molecule has 1 unspecified atom stereocenters. The fourth-order valence-electron chi connectivity index (χ4n) is 5.98. The number of rotatable bonds is 22. The monoisotopic (exact) mass is 908 g/mol. The number of urea groups is 1. The molecule has 1 saturated heterocycles. The SMILES string of the molecule is CC(C)C(=O)CCC(=O)N[C@H](C(=O)N[C@@H](CCCNC(N)=O)C(=O)Nc1ccc(COC(=O)N(C)CCN(C)C(=O)OC[C@H]2O[C@@H](n3ccc(N)nc3=O)C(F)(F)C2O)cc1)C(C)C. The van der Waals surface area contributed by atoms with Crippen LogP contribution in [0.5, 0.6) is 0 Å². The molecule has 0 aliphatic carbocycles. The van der Waals surface area contributed by atoms with Crippen molar-refractivity contribution in [3.8, 4) is 0 Å². The van der Waals surface area contributed by atoms with Crippen molar-refractivity contribution in [2.24, 2.45) is 17.6 Å². The summed E-state index contributed by atoms with van der Waals surface area (Å²) in [5.41, 5.74) is 10.3. The summed E-state index contributed by atoms with van der Waals surface area (Å²) in [6.07, 6.45) is -6.87. The van der Waals surface area contributed by atoms with E-state index in [1.807, 2.05) is 0 Å². The molecular formula is C40H58F2N10O12. The van der Waals surface area contributed by atoms with Gasteiger partial charge in [-0.25, -0.2) is 19.2 Å². The zero-order valence-corrected chi connectivity index (χ0v) is 36.5. The van der Waals surface area contributed by atoms with Crippen LogP contribution in [0, 0.1) is 11.8 Å². The Balaban J connectivity index is 1.49. The van der Waals surface area contributed by atoms with E-state index in [0.717, 1.165) is 17.2 Å². The first-order chi connectivity index (χ1) is 30.0. The number of nitrogens with zero attached hydrogens (tertiary/aromatic N) is 4. The highest BCUT2D eigenvalue weighted by molar-refractivity contribution is 5.98. The number of hydrogen-bond donors (Lipinski definition) is 7. The number of nitrogen functional groups attached to an aromatic ring is 1. The van der Waals surface area contributed by atoms with E-state index < -0.39 is 84.7 Å². The van der Waals surface area contributed by atoms with Crippen LogP contribution < -0.4 is 38.4 Å². The van der Waals surface area contributed by atoms with Crippen molar-refractivity contribution in [1.82, 2.24) is 35.3 Å². The molecule has 354 valence electrons. The number of carbonyl (C=O) groups is 7. The molecule has 1 aliphatic heterocycles. The topological polar surface area (TPSA) is 309 Å². The maximum absolute atomic E-state index is 14.8. The van der Waals surface area contributed by atoms with Gasteiger partial charge in [-0.3, -0.25) is 23.7 Å². The van der Waals surface area contributed by atoms with Gasteiger partial charge >= 0.3 is 29.8 Å². The fraction of sp³-hybridized carbons (Fsp3) is 0.575. The lowest BCUT2D eigenvalue weighted by Gasteiger charge is -2.25. The van der Waals surface area contributed by atoms with Crippen LogP contribution in [0.1, 0.15) is 65.2 Å². The van der Waals surface area contributed by atoms with Gasteiger partial charge in [-0.1, -0.05) is 39.8 Å². The number of alkyl halides is 2. The number of nitrogens with one attached hydrogen (secondary N) is 4. The number of nitrogens with two attached hydrogens (primary N) is 2. The normalized spacial score (nSPS) is 17.5. The molecule has 24 heteroatoms. The van der Waals surface area contributed by atoms with Gasteiger partial charge in [0, 0.05) is 64.4 Å². The number of likely N-dealkylation sites (N-methyl/N-ethyl adjacent to an activating group) is 2. The molecule has 64 heavy (non-hydrogen) atoms. The number of hydrogen-bond acceptors (Lipinski definition) is 14. The predicted octanol–water partition coefficient (Wildman–Crippen LogP) is 1.07. The summed E-state index contributed by atoms with van der Waals surface area (Å²) in [4.78, 5) is 106. The van der Waals surface area contributed by atoms with Crippen LogP contribution in [0.15, 0.2) is 41.3 Å². The molecule has 22 nitrogen and oxygen atoms in total. The number of carbonyl (C=O) groups excluding carboxylic acids is 7. The van der Waals surface area contributed by atoms with E-state index in [1.54, 1.807) is 52.0 Å². The summed E-state index contributed by atoms with van der Waals surface area (Å²) in [6.45, 7) is 5.94. The molecule has 9 N–H and O–H groups in total. The standard InChI is InChI=1S/C40H58F2N10O12/c1-22(2)27(53)13-14-30(54)49-31(23(3)4)34(57)47-26(8-7-16-45-36(44)58)33(56)46-25-11-9-24(10-12-25)20-62-38(60)50(5)18-19-51(6)39(61)63-21-28-32(55)40(41,42)35(64-28)52-17-15-29(43)48-37(52)59/h9-12,15,17,22-23,26,28,31-32,35,55H,7-8,13-14,16,18-21H2,1-6H3,(H,46,56)(H,47,57)(H,49,54)(H2,43,48,59)(H3,44,45,58)/t26-,28+,31-,32?,35+/m0/s1. The van der Waals surface area contributed by atoms with Crippen LogP contribution in [-0.2, 0) is 40.0 Å². The first-order valence-corrected chi connectivity index (χ1v) is 20.4. The Bertz CT molecular complexity index is 2020. The van der Waals surface area contributed by atoms with Gasteiger partial charge in [-0.15, -0.1) is 0 Å². The van der Waals surface area contributed by atoms with Crippen molar-refractivity contribution in [1.29, 1.82) is 0 Å². The molecule has 1 fully saturated rings. The minimum Gasteiger partial charge on any atom is -0.447 e. The fourth-order valence-corrected chi connectivity index (χ4v) is 5.98. The number of aliphatic hydroxyl groups is 1. The third-order valence-electron chi connectivity index (χ3n) is 9.94. The molecule has 1 aliphatic rings. The zero-order valence-electron chi connectivity index (χ0n) is 36.5. The number of ketones is 1. The second-order valence-corrected chi connectivity index (χ2v) is 15.8. The van der Waals surface area contributed by atoms with E-state index in [2.05, 4.69) is 26.3 Å². The van der Waals surface area contributed by atoms with Crippen molar-refractivity contribution >= 4 is 53.2 Å². The number of ether oxygens (including phenoxy) is 3. The molecule has 2 aromatic rings. The lowest BCUT2D eigenvalue weighted by molar-refractivity contribution is -0.141. The third-order valence-corrected chi connectivity index (χ3v) is 9.94. The van der Waals surface area contributed by atoms with E-state index in [-0.39, 0.29) is 75.4 Å². The van der Waals surface area contributed by atoms with Gasteiger partial charge in [-0.05, 0) is 42.5 Å². The van der Waals surface area contributed by atoms with Gasteiger partial charge in [0.05, 0.1) is 0 Å². The first-order valence-electron chi connectivity index (χ1n) is 20.4. The molecule has 5 atom stereocenters. The van der Waals surface area contributed by atoms with Gasteiger partial charge in [0.15, 0.2) is 6.10 Å². The number of primary amides is 1. The molecule has 0 radical (unpaired) electrons. The number of anilines is 2. The Labute approximate surface area is 367 Å². The minimum atomic E-state index is -3.94. The number of aliphatic hydroxyl groups excluding tert-OH is 1. The Morgan fingerprint density at radius 1 is 0.938 bits per heavy atom. The Kier molecular flexibility index (Phi) is 19.4. The van der Waals surface area contributed by atoms with Crippen molar-refractivity contribution < 1.29 is 61.7 Å². The van der Waals surface area contributed by atoms with E-state index in [9.17, 15) is 52.2 Å². The summed E-state index contributed by atoms with van der Waals surface area (Å²) < 4.78 is 45.7. The van der Waals surface area contributed by atoms with Gasteiger partial charge < -0.3 is 61.9 Å². The highest BCUT2D eigenvalue weighted by Gasteiger charge is 2.60. The molecule has 3 rings (SSSR count). The lowest BCUT2D eigenvalue weighted by Crippen LogP contribution is -2.54. The maximum atomic E-state index is 14.8. The van der Waals surface area contributed by atoms with Crippen LogP contribution >= 0.6 is 0 Å². The van der Waals surface area contributed by atoms with Crippen molar-refractivity contribution in [2.75, 3.05) is 51.4 Å². The molecular weight excluding hydrogens is 850 g/mol. The van der Waals surface area contributed by atoms with Crippen LogP contribution in [0.3, 0.4) is 0 Å². The van der Waals surface area contributed by atoms with Gasteiger partial charge in [0.25, 0.3) is 0 Å². The van der Waals surface area contributed by atoms with Crippen LogP contribution in [0.25, 0.3) is 0 Å². The number of Topliss-reactive ketones (excluding diaryl/α,β-unsaturated/α-hetero) is 1. The Hall–Kier alpha value is -6.43. The molecule has 0 spiro atoms. The van der Waals surface area contributed by atoms with E-state index in [1.165, 1.54) is 19.0 Å². The van der Waals surface area contributed by atoms with E-state index in [4.69, 9.17) is 25.7 Å². The third kappa shape index (κ3) is 15.4. The number of aromatic nitrogens is 2. The molecule has 1 aromatic heterocycles. The molecule has 1 aromatic carbocycles. The number of benzene rings is 1. The average Bonchev–Trinajstić information content (AvgIpc) is 3.46. The Morgan fingerprint density at radius 3 is 2.14 bits per heavy atom. The molecule has 2 heterocycles. The summed E-state index contributed by atoms with van der Waals surface area (Å²) in [5.74, 6) is -6.55. The molecule has 0 saturated carbocycles. The quantitative estimate of drug-likeness (QED) is 0.0814. The summed E-state index contributed by atoms with van der Waals surface area (Å²) in [7, 11) is 2.73. The van der Waals surface area contributed by atoms with Gasteiger partial charge in [0.2, 0.25) is 23.9 Å². The van der Waals surface area contributed by atoms with Crippen LogP contribution in [-0.4, -0.2) is 137 Å². The van der Waals surface area contributed by atoms with Gasteiger partial charge in [-0.2, -0.15) is 13.8 Å². The minimum absolute atomic E-state index is 0.0218. The number of halogens is 2. The summed E-state index contributed by atoms with van der Waals surface area (Å²) in [5, 5.41) is 20.7. The van der Waals surface area contributed by atoms with Crippen LogP contribution in [0.4, 0.5) is 34.7 Å². The second kappa shape index (κ2) is 23.9. The molecule has 0 bridgehead atoms. The first kappa shape index (κ1) is 51.9. The van der Waals surface area contributed by atoms with Crippen molar-refractivity contribution in [3.63, 3.8) is 0 Å². The highest BCUT2D eigenvalue weighted by Crippen LogP contribution is 2.42. The van der Waals surface area contributed by atoms with E-state index >= 15 is 0 Å².